The molecule has 186 valence electrons. The van der Waals surface area contributed by atoms with Crippen LogP contribution in [0, 0.1) is 6.92 Å². The molecule has 1 amide bonds. The summed E-state index contributed by atoms with van der Waals surface area (Å²) in [4.78, 5) is 13.2. The number of nitrogens with one attached hydrogen (secondary N) is 1. The number of para-hydroxylation sites is 2. The van der Waals surface area contributed by atoms with Crippen molar-refractivity contribution >= 4 is 21.6 Å². The first-order valence-corrected chi connectivity index (χ1v) is 13.0. The molecule has 7 nitrogen and oxygen atoms in total. The van der Waals surface area contributed by atoms with Gasteiger partial charge in [-0.05, 0) is 69.7 Å². The molecule has 0 fully saturated rings. The predicted octanol–water partition coefficient (Wildman–Crippen LogP) is 4.87. The Labute approximate surface area is 207 Å². The molecule has 0 aromatic heterocycles. The van der Waals surface area contributed by atoms with Crippen molar-refractivity contribution in [2.75, 3.05) is 24.1 Å². The van der Waals surface area contributed by atoms with Gasteiger partial charge in [-0.15, -0.1) is 0 Å². The number of hydrogen-bond donors (Lipinski definition) is 1. The van der Waals surface area contributed by atoms with Crippen molar-refractivity contribution in [1.82, 2.24) is 5.32 Å². The van der Waals surface area contributed by atoms with Crippen LogP contribution in [0.4, 0.5) is 5.69 Å². The maximum Gasteiger partial charge on any atom is 0.264 e. The molecule has 3 aromatic carbocycles. The van der Waals surface area contributed by atoms with Gasteiger partial charge in [-0.3, -0.25) is 9.10 Å². The maximum absolute atomic E-state index is 13.7. The molecule has 0 bridgehead atoms. The van der Waals surface area contributed by atoms with E-state index in [4.69, 9.17) is 9.47 Å². The van der Waals surface area contributed by atoms with E-state index >= 15 is 0 Å². The summed E-state index contributed by atoms with van der Waals surface area (Å²) in [6.45, 7) is 7.99. The maximum atomic E-state index is 13.7. The summed E-state index contributed by atoms with van der Waals surface area (Å²) in [5.41, 5.74) is 2.12. The fourth-order valence-corrected chi connectivity index (χ4v) is 5.03. The first kappa shape index (κ1) is 26.1. The summed E-state index contributed by atoms with van der Waals surface area (Å²) in [5.74, 6) is 0.698. The first-order valence-electron chi connectivity index (χ1n) is 11.6. The highest BCUT2D eigenvalue weighted by atomic mass is 32.2. The topological polar surface area (TPSA) is 84.9 Å². The highest BCUT2D eigenvalue weighted by Gasteiger charge is 2.29. The lowest BCUT2D eigenvalue weighted by molar-refractivity contribution is -0.120. The second-order valence-corrected chi connectivity index (χ2v) is 9.88. The zero-order valence-electron chi connectivity index (χ0n) is 20.5. The molecule has 1 atom stereocenters. The van der Waals surface area contributed by atoms with Crippen molar-refractivity contribution in [1.29, 1.82) is 0 Å². The Morgan fingerprint density at radius 3 is 2.17 bits per heavy atom. The van der Waals surface area contributed by atoms with E-state index < -0.39 is 22.5 Å². The number of carbonyl (C=O) groups is 1. The predicted molar refractivity (Wildman–Crippen MR) is 137 cm³/mol. The Balaban J connectivity index is 1.89. The van der Waals surface area contributed by atoms with Crippen molar-refractivity contribution in [2.45, 2.75) is 38.6 Å². The highest BCUT2D eigenvalue weighted by molar-refractivity contribution is 7.92. The van der Waals surface area contributed by atoms with Crippen molar-refractivity contribution in [2.24, 2.45) is 0 Å². The van der Waals surface area contributed by atoms with Gasteiger partial charge in [0.2, 0.25) is 5.91 Å². The molecule has 0 radical (unpaired) electrons. The smallest absolute Gasteiger partial charge is 0.264 e. The van der Waals surface area contributed by atoms with Gasteiger partial charge in [0.05, 0.1) is 29.8 Å². The third-order valence-corrected chi connectivity index (χ3v) is 7.17. The van der Waals surface area contributed by atoms with E-state index in [1.807, 2.05) is 52.0 Å². The molecule has 0 unspecified atom stereocenters. The van der Waals surface area contributed by atoms with Crippen LogP contribution < -0.4 is 19.1 Å². The van der Waals surface area contributed by atoms with Crippen molar-refractivity contribution in [3.05, 3.63) is 83.9 Å². The van der Waals surface area contributed by atoms with Crippen molar-refractivity contribution in [3.63, 3.8) is 0 Å². The van der Waals surface area contributed by atoms with Gasteiger partial charge in [-0.25, -0.2) is 8.42 Å². The SMILES string of the molecule is CCOc1ccc([C@H](C)NC(=O)CN(c2ccccc2OCC)S(=O)(=O)c2ccc(C)cc2)cc1. The van der Waals surface area contributed by atoms with E-state index in [0.717, 1.165) is 21.2 Å². The number of sulfonamides is 1. The number of anilines is 1. The molecule has 0 saturated carbocycles. The summed E-state index contributed by atoms with van der Waals surface area (Å²) >= 11 is 0. The molecule has 3 rings (SSSR count). The summed E-state index contributed by atoms with van der Waals surface area (Å²) in [6, 6.07) is 20.5. The van der Waals surface area contributed by atoms with Crippen LogP contribution in [0.5, 0.6) is 11.5 Å². The second-order valence-electron chi connectivity index (χ2n) is 8.02. The molecular formula is C27H32N2O5S. The number of aryl methyl sites for hydroxylation is 1. The Morgan fingerprint density at radius 1 is 0.914 bits per heavy atom. The lowest BCUT2D eigenvalue weighted by Crippen LogP contribution is -2.41. The minimum absolute atomic E-state index is 0.0989. The molecule has 0 saturated heterocycles. The van der Waals surface area contributed by atoms with Gasteiger partial charge in [0, 0.05) is 0 Å². The zero-order valence-corrected chi connectivity index (χ0v) is 21.3. The lowest BCUT2D eigenvalue weighted by Gasteiger charge is -2.26. The summed E-state index contributed by atoms with van der Waals surface area (Å²) in [7, 11) is -4.04. The molecule has 35 heavy (non-hydrogen) atoms. The molecule has 3 aromatic rings. The van der Waals surface area contributed by atoms with Crippen LogP contribution >= 0.6 is 0 Å². The van der Waals surface area contributed by atoms with Crippen LogP contribution in [0.15, 0.2) is 77.7 Å². The average Bonchev–Trinajstić information content (AvgIpc) is 2.84. The summed E-state index contributed by atoms with van der Waals surface area (Å²) in [6.07, 6.45) is 0. The molecular weight excluding hydrogens is 464 g/mol. The lowest BCUT2D eigenvalue weighted by atomic mass is 10.1. The number of benzene rings is 3. The van der Waals surface area contributed by atoms with Crippen molar-refractivity contribution < 1.29 is 22.7 Å². The molecule has 0 aliphatic heterocycles. The number of ether oxygens (including phenoxy) is 2. The second kappa shape index (κ2) is 11.8. The van der Waals surface area contributed by atoms with E-state index in [1.54, 1.807) is 48.5 Å². The number of nitrogens with zero attached hydrogens (tertiary/aromatic N) is 1. The van der Waals surface area contributed by atoms with E-state index in [2.05, 4.69) is 5.32 Å². The largest absolute Gasteiger partial charge is 0.494 e. The van der Waals surface area contributed by atoms with Gasteiger partial charge in [-0.2, -0.15) is 0 Å². The molecule has 0 spiro atoms. The van der Waals surface area contributed by atoms with Gasteiger partial charge in [0.15, 0.2) is 0 Å². The Hall–Kier alpha value is -3.52. The Morgan fingerprint density at radius 2 is 1.54 bits per heavy atom. The normalized spacial score (nSPS) is 12.0. The van der Waals surface area contributed by atoms with Gasteiger partial charge >= 0.3 is 0 Å². The van der Waals surface area contributed by atoms with E-state index in [-0.39, 0.29) is 10.9 Å². The van der Waals surface area contributed by atoms with Crippen LogP contribution in [0.2, 0.25) is 0 Å². The van der Waals surface area contributed by atoms with Crippen LogP contribution in [0.1, 0.15) is 37.9 Å². The van der Waals surface area contributed by atoms with Gasteiger partial charge in [0.25, 0.3) is 10.0 Å². The fraction of sp³-hybridized carbons (Fsp3) is 0.296. The van der Waals surface area contributed by atoms with Crippen molar-refractivity contribution in [3.8, 4) is 11.5 Å². The molecule has 0 heterocycles. The summed E-state index contributed by atoms with van der Waals surface area (Å²) in [5, 5.41) is 2.91. The molecule has 0 aliphatic carbocycles. The minimum atomic E-state index is -4.04. The molecule has 8 heteroatoms. The van der Waals surface area contributed by atoms with Crippen LogP contribution in [-0.4, -0.2) is 34.1 Å². The number of rotatable bonds is 11. The Kier molecular flexibility index (Phi) is 8.76. The third kappa shape index (κ3) is 6.54. The highest BCUT2D eigenvalue weighted by Crippen LogP contribution is 2.32. The van der Waals surface area contributed by atoms with Crippen LogP contribution in [-0.2, 0) is 14.8 Å². The third-order valence-electron chi connectivity index (χ3n) is 5.40. The first-order chi connectivity index (χ1) is 16.8. The van der Waals surface area contributed by atoms with Crippen LogP contribution in [0.3, 0.4) is 0 Å². The minimum Gasteiger partial charge on any atom is -0.494 e. The monoisotopic (exact) mass is 496 g/mol. The summed E-state index contributed by atoms with van der Waals surface area (Å²) < 4.78 is 39.6. The number of hydrogen-bond acceptors (Lipinski definition) is 5. The van der Waals surface area contributed by atoms with E-state index in [1.165, 1.54) is 0 Å². The molecule has 0 aliphatic rings. The van der Waals surface area contributed by atoms with Crippen LogP contribution in [0.25, 0.3) is 0 Å². The molecule has 1 N–H and O–H groups in total. The number of carbonyl (C=O) groups excluding carboxylic acids is 1. The zero-order chi connectivity index (χ0) is 25.4. The number of amides is 1. The van der Waals surface area contributed by atoms with E-state index in [0.29, 0.717) is 24.7 Å². The Bertz CT molecular complexity index is 1230. The van der Waals surface area contributed by atoms with Gasteiger partial charge in [0.1, 0.15) is 18.0 Å². The quantitative estimate of drug-likeness (QED) is 0.410. The standard InChI is InChI=1S/C27H32N2O5S/c1-5-33-23-15-13-22(14-16-23)21(4)28-27(30)19-29(25-9-7-8-10-26(25)34-6-2)35(31,32)24-17-11-20(3)12-18-24/h7-18,21H,5-6,19H2,1-4H3,(H,28,30)/t21-/m0/s1. The average molecular weight is 497 g/mol. The van der Waals surface area contributed by atoms with Gasteiger partial charge in [-0.1, -0.05) is 42.0 Å². The fourth-order valence-electron chi connectivity index (χ4n) is 3.60. The van der Waals surface area contributed by atoms with E-state index in [9.17, 15) is 13.2 Å². The van der Waals surface area contributed by atoms with Gasteiger partial charge < -0.3 is 14.8 Å².